The van der Waals surface area contributed by atoms with Gasteiger partial charge in [0.25, 0.3) is 0 Å². The minimum Gasteiger partial charge on any atom is -0.392 e. The van der Waals surface area contributed by atoms with Crippen molar-refractivity contribution in [2.24, 2.45) is 0 Å². The zero-order valence-electron chi connectivity index (χ0n) is 45.2. The topological polar surface area (TPSA) is 21.9 Å². The number of para-hydroxylation sites is 1. The number of hydrogen-bond acceptors (Lipinski definition) is 1. The SMILES string of the molecule is [2H]c1c([2H])c(-c2cc[n+]3c(c2)-c2cc(C(C)(C)C)cc4c2C32Oc3c(cc(C(C)C)cc3C(C)C)-c3n(-c5ccc(-c6c(C([2H])(C)C)cccc6C([2H])(C)C)cc5)c5cccc-4c5[n+]32)c([2H])c([2H])c1C. The summed E-state index contributed by atoms with van der Waals surface area (Å²) < 4.78 is 69.3. The first-order valence-corrected chi connectivity index (χ1v) is 22.9. The van der Waals surface area contributed by atoms with Gasteiger partial charge in [0.1, 0.15) is 16.8 Å². The maximum atomic E-state index is 9.20. The van der Waals surface area contributed by atoms with Crippen molar-refractivity contribution >= 4 is 11.0 Å². The first-order chi connectivity index (χ1) is 32.9. The highest BCUT2D eigenvalue weighted by Crippen LogP contribution is 2.56. The fourth-order valence-corrected chi connectivity index (χ4v) is 10.6. The molecule has 320 valence electrons. The Hall–Kier alpha value is -6.26. The highest BCUT2D eigenvalue weighted by atomic mass is 16.5. The molecule has 2 aromatic heterocycles. The lowest BCUT2D eigenvalue weighted by Gasteiger charge is -2.34. The molecule has 0 aliphatic carbocycles. The minimum absolute atomic E-state index is 0.0389. The van der Waals surface area contributed by atoms with E-state index in [1.165, 1.54) is 5.56 Å². The van der Waals surface area contributed by atoms with Crippen LogP contribution in [0, 0.1) is 6.92 Å². The second kappa shape index (κ2) is 14.1. The summed E-state index contributed by atoms with van der Waals surface area (Å²) in [5, 5.41) is 0. The fourth-order valence-electron chi connectivity index (χ4n) is 10.6. The Morgan fingerprint density at radius 1 is 0.656 bits per heavy atom. The highest BCUT2D eigenvalue weighted by molar-refractivity contribution is 5.98. The standard InChI is InChI=1S/C60H61N3O/c1-34(2)42-29-48(37(7)8)57-51(30-42)58-62(44-25-23-40(24-26-44)54-45(35(3)4)15-13-16-46(54)36(5)6)52-18-14-17-47-49-32-43(59(10,11)12)33-50-53-31-41(39-21-19-38(9)20-22-39)27-28-61(53)60(64-57,55(49)50)63(58)56(47)52/h13-37H,1-12H3/q+2/i19D,20D,21D,22D,35D,36D. The Bertz CT molecular complexity index is 3520. The normalized spacial score (nSPS) is 17.3. The van der Waals surface area contributed by atoms with Crippen LogP contribution in [-0.2, 0) is 11.3 Å². The van der Waals surface area contributed by atoms with E-state index in [4.69, 9.17) is 10.2 Å². The van der Waals surface area contributed by atoms with E-state index in [9.17, 15) is 2.74 Å². The second-order valence-electron chi connectivity index (χ2n) is 20.3. The van der Waals surface area contributed by atoms with Crippen LogP contribution >= 0.6 is 0 Å². The van der Waals surface area contributed by atoms with Crippen LogP contribution in [0.3, 0.4) is 0 Å². The molecule has 4 heteroatoms. The lowest BCUT2D eigenvalue weighted by Crippen LogP contribution is -2.78. The number of fused-ring (bicyclic) bond motifs is 5. The minimum atomic E-state index is -1.26. The van der Waals surface area contributed by atoms with Crippen molar-refractivity contribution in [2.45, 2.75) is 118 Å². The summed E-state index contributed by atoms with van der Waals surface area (Å²) in [5.74, 6) is -0.902. The van der Waals surface area contributed by atoms with Gasteiger partial charge in [0.05, 0.1) is 11.0 Å². The summed E-state index contributed by atoms with van der Waals surface area (Å²) in [6.45, 7) is 25.0. The monoisotopic (exact) mass is 846 g/mol. The number of benzene rings is 6. The number of rotatable bonds is 7. The molecular weight excluding hydrogens is 779 g/mol. The molecule has 1 spiro atoms. The maximum absolute atomic E-state index is 9.20. The molecule has 0 amide bonds. The van der Waals surface area contributed by atoms with Crippen molar-refractivity contribution in [2.75, 3.05) is 0 Å². The highest BCUT2D eigenvalue weighted by Gasteiger charge is 2.69. The molecule has 0 radical (unpaired) electrons. The average Bonchev–Trinajstić information content (AvgIpc) is 3.80. The van der Waals surface area contributed by atoms with E-state index in [-0.39, 0.29) is 47.0 Å². The first kappa shape index (κ1) is 34.2. The number of hydrogen-bond donors (Lipinski definition) is 0. The summed E-state index contributed by atoms with van der Waals surface area (Å²) in [6.07, 6.45) is 2.03. The second-order valence-corrected chi connectivity index (χ2v) is 20.3. The maximum Gasteiger partial charge on any atom is 0.499 e. The smallest absolute Gasteiger partial charge is 0.392 e. The zero-order chi connectivity index (χ0) is 50.0. The van der Waals surface area contributed by atoms with E-state index in [2.05, 4.69) is 129 Å². The average molecular weight is 846 g/mol. The van der Waals surface area contributed by atoms with E-state index in [1.54, 1.807) is 6.92 Å². The quantitative estimate of drug-likeness (QED) is 0.147. The molecule has 3 aliphatic heterocycles. The Labute approximate surface area is 388 Å². The van der Waals surface area contributed by atoms with Crippen LogP contribution in [0.15, 0.2) is 127 Å². The van der Waals surface area contributed by atoms with E-state index in [0.29, 0.717) is 11.1 Å². The molecule has 1 atom stereocenters. The molecule has 5 heterocycles. The van der Waals surface area contributed by atoms with Crippen LogP contribution in [0.1, 0.15) is 147 Å². The van der Waals surface area contributed by atoms with Crippen LogP contribution in [0.4, 0.5) is 0 Å². The van der Waals surface area contributed by atoms with Gasteiger partial charge in [-0.2, -0.15) is 4.57 Å². The summed E-state index contributed by atoms with van der Waals surface area (Å²) in [5.41, 5.74) is 17.1. The van der Waals surface area contributed by atoms with Crippen molar-refractivity contribution in [3.05, 3.63) is 166 Å². The third kappa shape index (κ3) is 5.66. The summed E-state index contributed by atoms with van der Waals surface area (Å²) in [6, 6.07) is 34.4. The molecule has 0 saturated heterocycles. The van der Waals surface area contributed by atoms with Crippen molar-refractivity contribution in [3.8, 4) is 67.5 Å². The van der Waals surface area contributed by atoms with Gasteiger partial charge in [-0.05, 0) is 128 Å². The van der Waals surface area contributed by atoms with E-state index in [1.807, 2.05) is 64.2 Å². The van der Waals surface area contributed by atoms with Crippen LogP contribution in [0.2, 0.25) is 0 Å². The van der Waals surface area contributed by atoms with Gasteiger partial charge in [-0.25, -0.2) is 0 Å². The van der Waals surface area contributed by atoms with Crippen LogP contribution < -0.4 is 13.9 Å². The van der Waals surface area contributed by atoms with Crippen molar-refractivity contribution in [1.29, 1.82) is 0 Å². The molecule has 64 heavy (non-hydrogen) atoms. The predicted octanol–water partition coefficient (Wildman–Crippen LogP) is 14.9. The van der Waals surface area contributed by atoms with Gasteiger partial charge in [0.2, 0.25) is 5.69 Å². The Balaban J connectivity index is 1.28. The lowest BCUT2D eigenvalue weighted by atomic mass is 9.80. The van der Waals surface area contributed by atoms with Crippen molar-refractivity contribution in [3.63, 3.8) is 0 Å². The van der Waals surface area contributed by atoms with Gasteiger partial charge in [0.15, 0.2) is 23.0 Å². The third-order valence-electron chi connectivity index (χ3n) is 13.9. The molecule has 0 fully saturated rings. The predicted molar refractivity (Wildman–Crippen MR) is 264 cm³/mol. The molecule has 3 aliphatic rings. The van der Waals surface area contributed by atoms with Crippen molar-refractivity contribution < 1.29 is 22.1 Å². The first-order valence-electron chi connectivity index (χ1n) is 25.9. The number of nitrogens with zero attached hydrogens (tertiary/aromatic N) is 3. The number of ether oxygens (including phenoxy) is 1. The van der Waals surface area contributed by atoms with Gasteiger partial charge in [-0.3, -0.25) is 0 Å². The zero-order valence-corrected chi connectivity index (χ0v) is 39.2. The number of imidazole rings is 1. The molecule has 0 bridgehead atoms. The van der Waals surface area contributed by atoms with E-state index >= 15 is 0 Å². The van der Waals surface area contributed by atoms with Gasteiger partial charge >= 0.3 is 11.7 Å². The van der Waals surface area contributed by atoms with Crippen LogP contribution in [-0.4, -0.2) is 4.57 Å². The summed E-state index contributed by atoms with van der Waals surface area (Å²) >= 11 is 0. The molecule has 0 saturated carbocycles. The van der Waals surface area contributed by atoms with E-state index < -0.39 is 17.6 Å². The van der Waals surface area contributed by atoms with Gasteiger partial charge in [-0.1, -0.05) is 148 Å². The fraction of sp³-hybridized carbons (Fsp3) is 0.300. The molecule has 0 N–H and O–H groups in total. The molecule has 6 aromatic carbocycles. The Morgan fingerprint density at radius 2 is 1.33 bits per heavy atom. The lowest BCUT2D eigenvalue weighted by molar-refractivity contribution is -0.997. The summed E-state index contributed by atoms with van der Waals surface area (Å²) in [4.78, 5) is 0. The number of aromatic nitrogens is 3. The van der Waals surface area contributed by atoms with Gasteiger partial charge < -0.3 is 4.74 Å². The largest absolute Gasteiger partial charge is 0.499 e. The Morgan fingerprint density at radius 3 is 1.97 bits per heavy atom. The molecular formula is C60H61N3O+2. The molecule has 8 aromatic rings. The third-order valence-corrected chi connectivity index (χ3v) is 13.9. The molecule has 4 nitrogen and oxygen atoms in total. The molecule has 11 rings (SSSR count). The van der Waals surface area contributed by atoms with Crippen molar-refractivity contribution in [1.82, 2.24) is 4.57 Å². The molecule has 1 unspecified atom stereocenters. The van der Waals surface area contributed by atoms with Gasteiger partial charge in [-0.15, -0.1) is 9.13 Å². The van der Waals surface area contributed by atoms with Crippen LogP contribution in [0.25, 0.3) is 72.7 Å². The van der Waals surface area contributed by atoms with Gasteiger partial charge in [0, 0.05) is 26.0 Å². The number of pyridine rings is 1. The van der Waals surface area contributed by atoms with Crippen LogP contribution in [0.5, 0.6) is 5.75 Å². The van der Waals surface area contributed by atoms with E-state index in [0.717, 1.165) is 95.2 Å². The summed E-state index contributed by atoms with van der Waals surface area (Å²) in [7, 11) is 0. The Kier molecular flexibility index (Phi) is 7.54.